The summed E-state index contributed by atoms with van der Waals surface area (Å²) in [4.78, 5) is 1.55. The third-order valence-electron chi connectivity index (χ3n) is 4.11. The van der Waals surface area contributed by atoms with Gasteiger partial charge in [0.2, 0.25) is 0 Å². The van der Waals surface area contributed by atoms with Gasteiger partial charge in [-0.25, -0.2) is 0 Å². The van der Waals surface area contributed by atoms with Gasteiger partial charge in [-0.2, -0.15) is 0 Å². The van der Waals surface area contributed by atoms with Crippen LogP contribution in [0.3, 0.4) is 0 Å². The lowest BCUT2D eigenvalue weighted by atomic mass is 9.93. The molecule has 2 aromatic rings. The molecule has 106 valence electrons. The van der Waals surface area contributed by atoms with Crippen LogP contribution in [-0.2, 0) is 6.42 Å². The second kappa shape index (κ2) is 6.00. The minimum Gasteiger partial charge on any atom is -0.303 e. The molecule has 0 fully saturated rings. The molecule has 20 heavy (non-hydrogen) atoms. The fourth-order valence-electron chi connectivity index (χ4n) is 2.95. The molecule has 1 aliphatic carbocycles. The first-order chi connectivity index (χ1) is 9.63. The highest BCUT2D eigenvalue weighted by Crippen LogP contribution is 2.38. The molecular weight excluding hydrogens is 330 g/mol. The van der Waals surface area contributed by atoms with Gasteiger partial charge in [-0.1, -0.05) is 29.8 Å². The van der Waals surface area contributed by atoms with Gasteiger partial charge in [0, 0.05) is 17.0 Å². The zero-order valence-electron chi connectivity index (χ0n) is 11.9. The topological polar surface area (TPSA) is 12.0 Å². The first kappa shape index (κ1) is 14.3. The second-order valence-electron chi connectivity index (χ2n) is 5.67. The smallest absolute Gasteiger partial charge is 0.0704 e. The van der Waals surface area contributed by atoms with Crippen molar-refractivity contribution in [2.45, 2.75) is 45.2 Å². The molecule has 3 heteroatoms. The Balaban J connectivity index is 1.76. The lowest BCUT2D eigenvalue weighted by Crippen LogP contribution is -2.27. The molecule has 1 aliphatic rings. The minimum absolute atomic E-state index is 0.394. The first-order valence-electron chi connectivity index (χ1n) is 7.24. The van der Waals surface area contributed by atoms with Crippen molar-refractivity contribution in [3.63, 3.8) is 0 Å². The van der Waals surface area contributed by atoms with Crippen LogP contribution in [-0.4, -0.2) is 0 Å². The zero-order valence-corrected chi connectivity index (χ0v) is 14.4. The number of hydrogen-bond donors (Lipinski definition) is 1. The van der Waals surface area contributed by atoms with E-state index in [9.17, 15) is 0 Å². The van der Waals surface area contributed by atoms with Crippen molar-refractivity contribution in [2.24, 2.45) is 0 Å². The van der Waals surface area contributed by atoms with E-state index in [1.54, 1.807) is 4.88 Å². The summed E-state index contributed by atoms with van der Waals surface area (Å²) in [5.41, 5.74) is 4.20. The Bertz CT molecular complexity index is 588. The lowest BCUT2D eigenvalue weighted by Gasteiger charge is -2.27. The number of aryl methyl sites for hydroxylation is 2. The van der Waals surface area contributed by atoms with Crippen LogP contribution >= 0.6 is 27.3 Å². The molecule has 1 aromatic carbocycles. The van der Waals surface area contributed by atoms with Crippen molar-refractivity contribution >= 4 is 27.3 Å². The molecule has 1 aromatic heterocycles. The quantitative estimate of drug-likeness (QED) is 0.766. The van der Waals surface area contributed by atoms with Gasteiger partial charge in [0.1, 0.15) is 0 Å². The fourth-order valence-corrected chi connectivity index (χ4v) is 4.77. The highest BCUT2D eigenvalue weighted by molar-refractivity contribution is 9.11. The Kier molecular flexibility index (Phi) is 4.29. The fraction of sp³-hybridized carbons (Fsp3) is 0.412. The SMILES string of the molecule is Cc1ccc(C(C)NC2CCCc3sc(Br)cc32)cc1. The molecule has 1 N–H and O–H groups in total. The number of fused-ring (bicyclic) bond motifs is 1. The predicted molar refractivity (Wildman–Crippen MR) is 90.4 cm³/mol. The van der Waals surface area contributed by atoms with Crippen LogP contribution in [0.15, 0.2) is 34.1 Å². The van der Waals surface area contributed by atoms with Gasteiger partial charge >= 0.3 is 0 Å². The van der Waals surface area contributed by atoms with E-state index in [1.807, 2.05) is 11.3 Å². The predicted octanol–water partition coefficient (Wildman–Crippen LogP) is 5.55. The van der Waals surface area contributed by atoms with Crippen LogP contribution < -0.4 is 5.32 Å². The Hall–Kier alpha value is -0.640. The first-order valence-corrected chi connectivity index (χ1v) is 8.85. The highest BCUT2D eigenvalue weighted by atomic mass is 79.9. The Labute approximate surface area is 133 Å². The summed E-state index contributed by atoms with van der Waals surface area (Å²) >= 11 is 5.53. The molecule has 0 bridgehead atoms. The number of thiophene rings is 1. The van der Waals surface area contributed by atoms with Crippen LogP contribution in [0.4, 0.5) is 0 Å². The van der Waals surface area contributed by atoms with Gasteiger partial charge in [-0.05, 0) is 66.2 Å². The lowest BCUT2D eigenvalue weighted by molar-refractivity contribution is 0.418. The maximum atomic E-state index is 3.81. The monoisotopic (exact) mass is 349 g/mol. The number of halogens is 1. The Morgan fingerprint density at radius 2 is 2.05 bits per heavy atom. The third kappa shape index (κ3) is 3.00. The zero-order chi connectivity index (χ0) is 14.1. The summed E-state index contributed by atoms with van der Waals surface area (Å²) in [6.45, 7) is 4.40. The standard InChI is InChI=1S/C17H20BrNS/c1-11-6-8-13(9-7-11)12(2)19-15-4-3-5-16-14(15)10-17(18)20-16/h6-10,12,15,19H,3-5H2,1-2H3. The normalized spacial score (nSPS) is 19.6. The average Bonchev–Trinajstić information content (AvgIpc) is 2.81. The van der Waals surface area contributed by atoms with E-state index in [1.165, 1.54) is 39.7 Å². The molecule has 0 amide bonds. The Morgan fingerprint density at radius 3 is 2.80 bits per heavy atom. The van der Waals surface area contributed by atoms with Gasteiger partial charge < -0.3 is 5.32 Å². The van der Waals surface area contributed by atoms with Crippen LogP contribution in [0.1, 0.15) is 53.4 Å². The van der Waals surface area contributed by atoms with Crippen molar-refractivity contribution < 1.29 is 0 Å². The summed E-state index contributed by atoms with van der Waals surface area (Å²) in [7, 11) is 0. The molecule has 3 rings (SSSR count). The molecule has 0 radical (unpaired) electrons. The van der Waals surface area contributed by atoms with Crippen molar-refractivity contribution in [3.8, 4) is 0 Å². The number of rotatable bonds is 3. The van der Waals surface area contributed by atoms with E-state index < -0.39 is 0 Å². The second-order valence-corrected chi connectivity index (χ2v) is 8.19. The molecular formula is C17H20BrNS. The summed E-state index contributed by atoms with van der Waals surface area (Å²) < 4.78 is 1.26. The highest BCUT2D eigenvalue weighted by Gasteiger charge is 2.23. The molecule has 2 atom stereocenters. The number of nitrogens with one attached hydrogen (secondary N) is 1. The summed E-state index contributed by atoms with van der Waals surface area (Å²) in [6, 6.07) is 12.1. The maximum absolute atomic E-state index is 3.81. The van der Waals surface area contributed by atoms with E-state index in [0.29, 0.717) is 12.1 Å². The summed E-state index contributed by atoms with van der Waals surface area (Å²) in [5, 5.41) is 3.81. The van der Waals surface area contributed by atoms with Crippen molar-refractivity contribution in [1.82, 2.24) is 5.32 Å². The third-order valence-corrected chi connectivity index (χ3v) is 5.83. The van der Waals surface area contributed by atoms with E-state index in [0.717, 1.165) is 0 Å². The van der Waals surface area contributed by atoms with Crippen LogP contribution in [0.25, 0.3) is 0 Å². The van der Waals surface area contributed by atoms with E-state index in [2.05, 4.69) is 65.4 Å². The summed E-state index contributed by atoms with van der Waals surface area (Å²) in [5.74, 6) is 0. The van der Waals surface area contributed by atoms with Gasteiger partial charge in [0.25, 0.3) is 0 Å². The largest absolute Gasteiger partial charge is 0.303 e. The van der Waals surface area contributed by atoms with Gasteiger partial charge in [-0.3, -0.25) is 0 Å². The van der Waals surface area contributed by atoms with Crippen molar-refractivity contribution in [2.75, 3.05) is 0 Å². The molecule has 0 saturated heterocycles. The molecule has 1 heterocycles. The summed E-state index contributed by atoms with van der Waals surface area (Å²) in [6.07, 6.45) is 3.77. The van der Waals surface area contributed by atoms with E-state index in [-0.39, 0.29) is 0 Å². The molecule has 1 nitrogen and oxygen atoms in total. The molecule has 0 aliphatic heterocycles. The van der Waals surface area contributed by atoms with E-state index in [4.69, 9.17) is 0 Å². The van der Waals surface area contributed by atoms with Crippen LogP contribution in [0, 0.1) is 6.92 Å². The van der Waals surface area contributed by atoms with Crippen LogP contribution in [0.5, 0.6) is 0 Å². The van der Waals surface area contributed by atoms with Crippen molar-refractivity contribution in [1.29, 1.82) is 0 Å². The van der Waals surface area contributed by atoms with Gasteiger partial charge in [-0.15, -0.1) is 11.3 Å². The number of hydrogen-bond acceptors (Lipinski definition) is 2. The van der Waals surface area contributed by atoms with Crippen LogP contribution in [0.2, 0.25) is 0 Å². The minimum atomic E-state index is 0.394. The van der Waals surface area contributed by atoms with Gasteiger partial charge in [0.05, 0.1) is 3.79 Å². The molecule has 0 saturated carbocycles. The number of benzene rings is 1. The molecule has 2 unspecified atom stereocenters. The van der Waals surface area contributed by atoms with E-state index >= 15 is 0 Å². The van der Waals surface area contributed by atoms with Crippen molar-refractivity contribution in [3.05, 3.63) is 55.7 Å². The Morgan fingerprint density at radius 1 is 1.30 bits per heavy atom. The average molecular weight is 350 g/mol. The molecule has 0 spiro atoms. The van der Waals surface area contributed by atoms with Gasteiger partial charge in [0.15, 0.2) is 0 Å². The maximum Gasteiger partial charge on any atom is 0.0704 e.